The van der Waals surface area contributed by atoms with Gasteiger partial charge < -0.3 is 38.8 Å². The van der Waals surface area contributed by atoms with Gasteiger partial charge in [0.15, 0.2) is 34.6 Å². The first kappa shape index (κ1) is 45.3. The zero-order valence-corrected chi connectivity index (χ0v) is 38.8. The number of halogens is 3. The third-order valence-electron chi connectivity index (χ3n) is 11.5. The fourth-order valence-corrected chi connectivity index (χ4v) is 9.37. The van der Waals surface area contributed by atoms with Crippen LogP contribution in [0.15, 0.2) is 89.0 Å². The number of methoxy groups -OCH3 is 2. The minimum Gasteiger partial charge on any atom is -0.502 e. The number of hydrogen-bond acceptors (Lipinski definition) is 12. The van der Waals surface area contributed by atoms with Crippen molar-refractivity contribution in [3.05, 3.63) is 101 Å². The fraction of sp³-hybridized carbons (Fsp3) is 0.348. The highest BCUT2D eigenvalue weighted by atomic mass is 79.9. The molecule has 10 nitrogen and oxygen atoms in total. The molecule has 0 unspecified atom stereocenters. The lowest BCUT2D eigenvalue weighted by atomic mass is 9.79. The average Bonchev–Trinajstić information content (AvgIpc) is 4.13. The molecule has 62 heavy (non-hydrogen) atoms. The number of aromatic hydroxyl groups is 2. The first-order chi connectivity index (χ1) is 29.7. The van der Waals surface area contributed by atoms with Crippen LogP contribution in [0.1, 0.15) is 53.4 Å². The second-order valence-electron chi connectivity index (χ2n) is 16.1. The van der Waals surface area contributed by atoms with Crippen LogP contribution in [0.4, 0.5) is 20.2 Å². The van der Waals surface area contributed by atoms with Crippen molar-refractivity contribution in [1.29, 1.82) is 0 Å². The van der Waals surface area contributed by atoms with Crippen LogP contribution in [-0.2, 0) is 9.31 Å². The topological polar surface area (TPSA) is 110 Å². The molecule has 4 aromatic carbocycles. The van der Waals surface area contributed by atoms with Crippen LogP contribution in [0, 0.1) is 11.6 Å². The highest BCUT2D eigenvalue weighted by Crippen LogP contribution is 2.40. The van der Waals surface area contributed by atoms with Crippen LogP contribution < -0.4 is 24.7 Å². The number of anilines is 2. The zero-order valence-electron chi connectivity index (χ0n) is 35.6. The Morgan fingerprint density at radius 1 is 0.645 bits per heavy atom. The third-order valence-corrected chi connectivity index (χ3v) is 14.1. The van der Waals surface area contributed by atoms with Gasteiger partial charge in [-0.3, -0.25) is 0 Å². The molecule has 5 heterocycles. The van der Waals surface area contributed by atoms with E-state index in [1.165, 1.54) is 99.5 Å². The summed E-state index contributed by atoms with van der Waals surface area (Å²) in [5.41, 5.74) is 4.92. The third kappa shape index (κ3) is 10.2. The molecule has 0 amide bonds. The summed E-state index contributed by atoms with van der Waals surface area (Å²) >= 11 is 6.60. The number of benzene rings is 4. The largest absolute Gasteiger partial charge is 0.502 e. The smallest absolute Gasteiger partial charge is 0.495 e. The summed E-state index contributed by atoms with van der Waals surface area (Å²) in [5, 5.41) is 21.1. The van der Waals surface area contributed by atoms with Gasteiger partial charge in [0.05, 0.1) is 40.3 Å². The first-order valence-corrected chi connectivity index (χ1v) is 22.9. The monoisotopic (exact) mass is 946 g/mol. The number of phenolic OH excluding ortho intramolecular Hbond substituents is 2. The zero-order chi connectivity index (χ0) is 44.2. The molecule has 0 spiro atoms. The molecule has 6 aromatic rings. The van der Waals surface area contributed by atoms with Gasteiger partial charge in [-0.2, -0.15) is 0 Å². The summed E-state index contributed by atoms with van der Waals surface area (Å²) in [4.78, 5) is 14.5. The van der Waals surface area contributed by atoms with Gasteiger partial charge in [0.25, 0.3) is 0 Å². The molecule has 9 rings (SSSR count). The molecule has 3 aliphatic heterocycles. The van der Waals surface area contributed by atoms with E-state index in [1.807, 2.05) is 33.9 Å². The average molecular weight is 948 g/mol. The highest BCUT2D eigenvalue weighted by Gasteiger charge is 2.52. The number of hydrogen-bond donors (Lipinski definition) is 2. The SMILES string of the molecule is Brc1cnc(-c2ccc(N3CCCC3)cc2)s1.COc1cc(-c2cnc(-c3ccc(N4CCCC4)cc3)s2)cc(F)c1O.COc1cc(B2OC(C)(C)C(C)(C)O2)cc(F)c1O. The quantitative estimate of drug-likeness (QED) is 0.143. The summed E-state index contributed by atoms with van der Waals surface area (Å²) in [5.74, 6) is -2.27. The first-order valence-electron chi connectivity index (χ1n) is 20.4. The Hall–Kier alpha value is -4.74. The van der Waals surface area contributed by atoms with E-state index < -0.39 is 41.5 Å². The molecular formula is C46H50BBrF2N4O6S2. The maximum absolute atomic E-state index is 13.9. The van der Waals surface area contributed by atoms with Crippen molar-refractivity contribution in [1.82, 2.24) is 9.97 Å². The Kier molecular flexibility index (Phi) is 14.1. The van der Waals surface area contributed by atoms with Gasteiger partial charge in [0.2, 0.25) is 0 Å². The Bertz CT molecular complexity index is 2440. The Labute approximate surface area is 378 Å². The standard InChI is InChI=1S/C20H19FN2O2S.C13H18BFO4.C13H13BrN2S/c1-25-17-11-14(10-16(21)19(17)24)18-12-22-20(26-18)13-4-6-15(7-5-13)23-8-2-3-9-23;1-12(2)13(3,4)19-14(18-12)8-6-9(15)11(16)10(7-8)17-5;14-12-9-15-13(17-12)10-3-5-11(6-4-10)16-7-1-2-8-16/h4-7,10-12,24H,2-3,8-9H2,1H3;6-7,16H,1-5H3;3-6,9H,1-2,7-8H2. The van der Waals surface area contributed by atoms with Crippen LogP contribution >= 0.6 is 38.6 Å². The molecule has 0 aliphatic carbocycles. The fourth-order valence-electron chi connectivity index (χ4n) is 7.25. The van der Waals surface area contributed by atoms with Crippen LogP contribution in [0.2, 0.25) is 0 Å². The van der Waals surface area contributed by atoms with Gasteiger partial charge in [-0.25, -0.2) is 18.7 Å². The molecule has 3 aliphatic rings. The molecule has 3 saturated heterocycles. The maximum atomic E-state index is 13.9. The molecule has 326 valence electrons. The molecule has 2 N–H and O–H groups in total. The van der Waals surface area contributed by atoms with E-state index in [0.717, 1.165) is 37.3 Å². The number of aromatic nitrogens is 2. The lowest BCUT2D eigenvalue weighted by molar-refractivity contribution is 0.00578. The molecule has 16 heteroatoms. The summed E-state index contributed by atoms with van der Waals surface area (Å²) in [6, 6.07) is 22.8. The van der Waals surface area contributed by atoms with Gasteiger partial charge in [-0.15, -0.1) is 22.7 Å². The van der Waals surface area contributed by atoms with E-state index in [1.54, 1.807) is 23.6 Å². The van der Waals surface area contributed by atoms with E-state index in [-0.39, 0.29) is 11.5 Å². The highest BCUT2D eigenvalue weighted by molar-refractivity contribution is 9.11. The lowest BCUT2D eigenvalue weighted by Crippen LogP contribution is -2.41. The summed E-state index contributed by atoms with van der Waals surface area (Å²) < 4.78 is 50.2. The summed E-state index contributed by atoms with van der Waals surface area (Å²) in [6.45, 7) is 12.3. The second kappa shape index (κ2) is 19.3. The van der Waals surface area contributed by atoms with Gasteiger partial charge in [0, 0.05) is 60.4 Å². The molecule has 0 radical (unpaired) electrons. The van der Waals surface area contributed by atoms with Gasteiger partial charge in [-0.05, 0) is 148 Å². The molecule has 2 aromatic heterocycles. The van der Waals surface area contributed by atoms with Crippen molar-refractivity contribution in [2.24, 2.45) is 0 Å². The van der Waals surface area contributed by atoms with Crippen LogP contribution in [-0.4, -0.2) is 78.9 Å². The molecular weight excluding hydrogens is 897 g/mol. The summed E-state index contributed by atoms with van der Waals surface area (Å²) in [6.07, 6.45) is 8.73. The minimum atomic E-state index is -0.760. The Morgan fingerprint density at radius 3 is 1.56 bits per heavy atom. The Balaban J connectivity index is 0.000000144. The van der Waals surface area contributed by atoms with Crippen molar-refractivity contribution < 1.29 is 37.8 Å². The molecule has 0 bridgehead atoms. The number of nitrogens with zero attached hydrogens (tertiary/aromatic N) is 4. The number of rotatable bonds is 8. The number of phenols is 2. The summed E-state index contributed by atoms with van der Waals surface area (Å²) in [7, 11) is 2.08. The molecule has 0 saturated carbocycles. The van der Waals surface area contributed by atoms with Crippen molar-refractivity contribution in [3.8, 4) is 54.6 Å². The van der Waals surface area contributed by atoms with Crippen LogP contribution in [0.5, 0.6) is 23.0 Å². The van der Waals surface area contributed by atoms with Gasteiger partial charge >= 0.3 is 7.12 Å². The van der Waals surface area contributed by atoms with Gasteiger partial charge in [-0.1, -0.05) is 0 Å². The minimum absolute atomic E-state index is 0.0599. The number of thiazole rings is 2. The van der Waals surface area contributed by atoms with E-state index in [2.05, 4.69) is 84.2 Å². The molecule has 0 atom stereocenters. The van der Waals surface area contributed by atoms with Gasteiger partial charge in [0.1, 0.15) is 10.0 Å². The lowest BCUT2D eigenvalue weighted by Gasteiger charge is -2.32. The predicted molar refractivity (Wildman–Crippen MR) is 250 cm³/mol. The van der Waals surface area contributed by atoms with E-state index >= 15 is 0 Å². The van der Waals surface area contributed by atoms with Crippen molar-refractivity contribution >= 4 is 62.6 Å². The Morgan fingerprint density at radius 2 is 1.10 bits per heavy atom. The second-order valence-corrected chi connectivity index (χ2v) is 19.6. The van der Waals surface area contributed by atoms with Crippen molar-refractivity contribution in [2.45, 2.75) is 64.6 Å². The van der Waals surface area contributed by atoms with E-state index in [4.69, 9.17) is 18.8 Å². The van der Waals surface area contributed by atoms with Crippen LogP contribution in [0.3, 0.4) is 0 Å². The van der Waals surface area contributed by atoms with E-state index in [0.29, 0.717) is 11.0 Å². The predicted octanol–water partition coefficient (Wildman–Crippen LogP) is 10.9. The van der Waals surface area contributed by atoms with E-state index in [9.17, 15) is 19.0 Å². The maximum Gasteiger partial charge on any atom is 0.495 e. The number of ether oxygens (including phenoxy) is 2. The van der Waals surface area contributed by atoms with Crippen LogP contribution in [0.25, 0.3) is 31.6 Å². The van der Waals surface area contributed by atoms with Crippen molar-refractivity contribution in [2.75, 3.05) is 50.2 Å². The molecule has 3 fully saturated rings. The van der Waals surface area contributed by atoms with Crippen molar-refractivity contribution in [3.63, 3.8) is 0 Å². The normalized spacial score (nSPS) is 16.4.